The summed E-state index contributed by atoms with van der Waals surface area (Å²) in [5, 5.41) is 4.93. The number of thiol groups is 2. The largest absolute Gasteiger partial charge is 0.202 e. The van der Waals surface area contributed by atoms with E-state index in [0.29, 0.717) is 0 Å². The average Bonchev–Trinajstić information content (AvgIpc) is 2.34. The van der Waals surface area contributed by atoms with Crippen molar-refractivity contribution in [2.24, 2.45) is 0 Å². The summed E-state index contributed by atoms with van der Waals surface area (Å²) in [4.78, 5) is 0. The first-order valence-electron chi connectivity index (χ1n) is 2.06. The Balaban J connectivity index is 0.000000810. The molecule has 0 aromatic carbocycles. The van der Waals surface area contributed by atoms with Crippen LogP contribution in [0.1, 0.15) is 0 Å². The molecule has 0 amide bonds. The Bertz CT molecular complexity index is 172. The van der Waals surface area contributed by atoms with Crippen molar-refractivity contribution in [1.29, 1.82) is 0 Å². The minimum atomic E-state index is 0. The molecular weight excluding hydrogens is 258 g/mol. The molecule has 10 heavy (non-hydrogen) atoms. The number of hydrogen-bond donors (Lipinski definition) is 2. The van der Waals surface area contributed by atoms with E-state index in [4.69, 9.17) is 0 Å². The maximum Gasteiger partial charge on any atom is 0.129 e. The molecular formula is C3H4N2S4Zn. The Labute approximate surface area is 90.4 Å². The molecule has 0 saturated carbocycles. The molecule has 0 aliphatic rings. The molecule has 52 valence electrons. The molecule has 0 atom stereocenters. The van der Waals surface area contributed by atoms with Crippen molar-refractivity contribution >= 4 is 45.1 Å². The fourth-order valence-corrected chi connectivity index (χ4v) is 1.49. The van der Waals surface area contributed by atoms with Crippen LogP contribution in [0.4, 0.5) is 0 Å². The van der Waals surface area contributed by atoms with Crippen molar-refractivity contribution in [2.75, 3.05) is 0 Å². The van der Waals surface area contributed by atoms with Gasteiger partial charge in [-0.1, -0.05) is 11.7 Å². The van der Waals surface area contributed by atoms with Crippen molar-refractivity contribution in [3.05, 3.63) is 12.3 Å². The van der Waals surface area contributed by atoms with Crippen LogP contribution in [0.15, 0.2) is 17.3 Å². The minimum absolute atomic E-state index is 0. The summed E-state index contributed by atoms with van der Waals surface area (Å²) in [7, 11) is 2.58. The molecule has 2 nitrogen and oxygen atoms in total. The first-order chi connectivity index (χ1) is 4.36. The second-order valence-electron chi connectivity index (χ2n) is 1.23. The predicted octanol–water partition coefficient (Wildman–Crippen LogP) is 2.16. The third-order valence-electron chi connectivity index (χ3n) is 0.719. The van der Waals surface area contributed by atoms with E-state index in [1.807, 2.05) is 12.3 Å². The number of hydrogen-bond acceptors (Lipinski definition) is 5. The summed E-state index contributed by atoms with van der Waals surface area (Å²) >= 11 is 7.91. The molecule has 0 saturated heterocycles. The standard InChI is InChI=1S/C3H4N2S4.Zn/c6-8-3-1-2-5(4-3)9-7;/h1-2,6-7H;. The van der Waals surface area contributed by atoms with Gasteiger partial charge in [-0.3, -0.25) is 0 Å². The molecule has 0 radical (unpaired) electrons. The van der Waals surface area contributed by atoms with Gasteiger partial charge in [0.15, 0.2) is 0 Å². The van der Waals surface area contributed by atoms with Gasteiger partial charge in [0.25, 0.3) is 0 Å². The Kier molecular flexibility index (Phi) is 6.55. The van der Waals surface area contributed by atoms with Crippen LogP contribution in [-0.4, -0.2) is 9.19 Å². The molecule has 0 bridgehead atoms. The molecule has 0 aliphatic heterocycles. The van der Waals surface area contributed by atoms with E-state index < -0.39 is 0 Å². The molecule has 0 aliphatic carbocycles. The molecule has 1 aromatic heterocycles. The van der Waals surface area contributed by atoms with Gasteiger partial charge in [0.05, 0.1) is 0 Å². The smallest absolute Gasteiger partial charge is 0.129 e. The van der Waals surface area contributed by atoms with E-state index in [9.17, 15) is 0 Å². The van der Waals surface area contributed by atoms with Crippen molar-refractivity contribution in [1.82, 2.24) is 9.19 Å². The van der Waals surface area contributed by atoms with Gasteiger partial charge in [0, 0.05) is 36.7 Å². The summed E-state index contributed by atoms with van der Waals surface area (Å²) in [6.07, 6.45) is 1.83. The van der Waals surface area contributed by atoms with E-state index in [1.165, 1.54) is 21.8 Å². The minimum Gasteiger partial charge on any atom is -0.202 e. The topological polar surface area (TPSA) is 17.8 Å². The van der Waals surface area contributed by atoms with Crippen molar-refractivity contribution in [3.8, 4) is 0 Å². The van der Waals surface area contributed by atoms with Crippen molar-refractivity contribution in [3.63, 3.8) is 0 Å². The van der Waals surface area contributed by atoms with Gasteiger partial charge < -0.3 is 0 Å². The molecule has 0 fully saturated rings. The summed E-state index contributed by atoms with van der Waals surface area (Å²) in [6.45, 7) is 0. The Morgan fingerprint density at radius 3 is 2.50 bits per heavy atom. The van der Waals surface area contributed by atoms with Gasteiger partial charge in [-0.25, -0.2) is 4.09 Å². The second kappa shape index (κ2) is 5.83. The zero-order valence-electron chi connectivity index (χ0n) is 4.97. The Hall–Kier alpha value is 1.23. The maximum atomic E-state index is 4.04. The molecule has 1 rings (SSSR count). The average molecular weight is 262 g/mol. The molecule has 0 unspecified atom stereocenters. The fraction of sp³-hybridized carbons (Fsp3) is 0. The number of aromatic nitrogens is 2. The number of nitrogens with zero attached hydrogens (tertiary/aromatic N) is 2. The predicted molar refractivity (Wildman–Crippen MR) is 49.0 cm³/mol. The molecule has 0 spiro atoms. The third-order valence-corrected chi connectivity index (χ3v) is 2.56. The summed E-state index contributed by atoms with van der Waals surface area (Å²) < 4.78 is 1.65. The molecule has 0 N–H and O–H groups in total. The van der Waals surface area contributed by atoms with Gasteiger partial charge in [-0.2, -0.15) is 5.10 Å². The number of rotatable bonds is 2. The van der Waals surface area contributed by atoms with Crippen LogP contribution in [0.2, 0.25) is 0 Å². The maximum absolute atomic E-state index is 4.04. The summed E-state index contributed by atoms with van der Waals surface area (Å²) in [5.74, 6) is 0. The normalized spacial score (nSPS) is 9.00. The SMILES string of the molecule is SSc1ccn(SS)n1.[Zn]. The van der Waals surface area contributed by atoms with Gasteiger partial charge >= 0.3 is 0 Å². The van der Waals surface area contributed by atoms with Crippen LogP contribution in [0, 0.1) is 0 Å². The van der Waals surface area contributed by atoms with E-state index in [1.54, 1.807) is 4.09 Å². The Morgan fingerprint density at radius 2 is 2.20 bits per heavy atom. The van der Waals surface area contributed by atoms with Gasteiger partial charge in [0.1, 0.15) is 5.03 Å². The first kappa shape index (κ1) is 11.2. The van der Waals surface area contributed by atoms with Crippen LogP contribution >= 0.6 is 45.1 Å². The summed E-state index contributed by atoms with van der Waals surface area (Å²) in [6, 6.07) is 1.88. The first-order valence-corrected chi connectivity index (χ1v) is 5.75. The van der Waals surface area contributed by atoms with Crippen molar-refractivity contribution in [2.45, 2.75) is 5.03 Å². The van der Waals surface area contributed by atoms with Crippen LogP contribution < -0.4 is 0 Å². The van der Waals surface area contributed by atoms with Crippen LogP contribution in [0.3, 0.4) is 0 Å². The van der Waals surface area contributed by atoms with E-state index >= 15 is 0 Å². The van der Waals surface area contributed by atoms with Gasteiger partial charge in [0.2, 0.25) is 0 Å². The fourth-order valence-electron chi connectivity index (χ4n) is 0.385. The van der Waals surface area contributed by atoms with E-state index in [-0.39, 0.29) is 19.5 Å². The quantitative estimate of drug-likeness (QED) is 0.483. The van der Waals surface area contributed by atoms with Crippen LogP contribution in [-0.2, 0) is 19.5 Å². The van der Waals surface area contributed by atoms with Crippen LogP contribution in [0.5, 0.6) is 0 Å². The third kappa shape index (κ3) is 3.09. The monoisotopic (exact) mass is 260 g/mol. The van der Waals surface area contributed by atoms with Gasteiger partial charge in [-0.05, 0) is 16.9 Å². The van der Waals surface area contributed by atoms with Gasteiger partial charge in [-0.15, -0.1) is 11.7 Å². The van der Waals surface area contributed by atoms with E-state index in [2.05, 4.69) is 28.4 Å². The van der Waals surface area contributed by atoms with Crippen molar-refractivity contribution < 1.29 is 19.5 Å². The zero-order valence-corrected chi connectivity index (χ0v) is 11.4. The second-order valence-corrected chi connectivity index (χ2v) is 3.41. The zero-order chi connectivity index (χ0) is 6.69. The molecule has 1 heterocycles. The summed E-state index contributed by atoms with van der Waals surface area (Å²) in [5.41, 5.74) is 0. The van der Waals surface area contributed by atoms with E-state index in [0.717, 1.165) is 5.03 Å². The molecule has 7 heteroatoms. The van der Waals surface area contributed by atoms with Crippen LogP contribution in [0.25, 0.3) is 0 Å². The Morgan fingerprint density at radius 1 is 1.50 bits per heavy atom. The molecule has 1 aromatic rings.